The summed E-state index contributed by atoms with van der Waals surface area (Å²) in [5.74, 6) is -0.944. The number of anilines is 2. The average Bonchev–Trinajstić information content (AvgIpc) is 3.19. The minimum atomic E-state index is -3.56. The van der Waals surface area contributed by atoms with Gasteiger partial charge in [0, 0.05) is 24.4 Å². The second-order valence-electron chi connectivity index (χ2n) is 8.08. The monoisotopic (exact) mass is 552 g/mol. The molecule has 1 saturated heterocycles. The zero-order valence-corrected chi connectivity index (χ0v) is 21.6. The smallest absolute Gasteiger partial charge is 0.257 e. The molecule has 1 amide bonds. The summed E-state index contributed by atoms with van der Waals surface area (Å²) in [5.41, 5.74) is 1.79. The Hall–Kier alpha value is -2.85. The van der Waals surface area contributed by atoms with Gasteiger partial charge >= 0.3 is 0 Å². The Kier molecular flexibility index (Phi) is 8.04. The number of hydrogen-bond acceptors (Lipinski definition) is 5. The summed E-state index contributed by atoms with van der Waals surface area (Å²) < 4.78 is 50.7. The number of rotatable bonds is 8. The van der Waals surface area contributed by atoms with Gasteiger partial charge in [-0.05, 0) is 60.0 Å². The van der Waals surface area contributed by atoms with E-state index in [4.69, 9.17) is 32.7 Å². The lowest BCUT2D eigenvalue weighted by molar-refractivity contribution is 0.102. The molecule has 0 unspecified atom stereocenters. The Balaban J connectivity index is 1.57. The van der Waals surface area contributed by atoms with Gasteiger partial charge in [-0.2, -0.15) is 0 Å². The van der Waals surface area contributed by atoms with Gasteiger partial charge < -0.3 is 14.8 Å². The molecule has 0 radical (unpaired) electrons. The molecule has 1 aliphatic heterocycles. The van der Waals surface area contributed by atoms with Crippen LogP contribution >= 0.6 is 23.2 Å². The Bertz CT molecular complexity index is 1380. The molecular weight excluding hydrogens is 530 g/mol. The largest absolute Gasteiger partial charge is 0.491 e. The molecule has 0 aliphatic carbocycles. The van der Waals surface area contributed by atoms with Gasteiger partial charge in [0.25, 0.3) is 5.91 Å². The third kappa shape index (κ3) is 5.92. The van der Waals surface area contributed by atoms with E-state index in [1.807, 2.05) is 24.3 Å². The molecular formula is C25H23Cl2FN2O5S. The van der Waals surface area contributed by atoms with Crippen LogP contribution in [0.5, 0.6) is 5.75 Å². The fourth-order valence-electron chi connectivity index (χ4n) is 3.83. The molecule has 11 heteroatoms. The van der Waals surface area contributed by atoms with Crippen molar-refractivity contribution in [3.8, 4) is 16.9 Å². The molecule has 0 spiro atoms. The molecule has 1 fully saturated rings. The van der Waals surface area contributed by atoms with Crippen molar-refractivity contribution >= 4 is 50.5 Å². The third-order valence-electron chi connectivity index (χ3n) is 5.54. The molecule has 0 atom stereocenters. The summed E-state index contributed by atoms with van der Waals surface area (Å²) in [5, 5.41) is 2.65. The Morgan fingerprint density at radius 2 is 1.81 bits per heavy atom. The van der Waals surface area contributed by atoms with E-state index in [1.165, 1.54) is 6.07 Å². The predicted octanol–water partition coefficient (Wildman–Crippen LogP) is 5.62. The van der Waals surface area contributed by atoms with Crippen molar-refractivity contribution in [2.45, 2.75) is 6.42 Å². The quantitative estimate of drug-likeness (QED) is 0.367. The van der Waals surface area contributed by atoms with Gasteiger partial charge in [-0.15, -0.1) is 0 Å². The summed E-state index contributed by atoms with van der Waals surface area (Å²) in [7, 11) is -1.97. The van der Waals surface area contributed by atoms with Crippen LogP contribution in [0.25, 0.3) is 11.1 Å². The zero-order valence-electron chi connectivity index (χ0n) is 19.3. The molecule has 4 rings (SSSR count). The first kappa shape index (κ1) is 26.2. The summed E-state index contributed by atoms with van der Waals surface area (Å²) in [6, 6.07) is 14.6. The maximum absolute atomic E-state index is 14.6. The SMILES string of the molecule is COCCOc1ccc(-c2cc(Cl)cc(NC(=O)c3cc(N4CCCS4(=O)=O)cc(F)c3Cl)c2)cc1. The van der Waals surface area contributed by atoms with Gasteiger partial charge in [0.05, 0.1) is 28.6 Å². The Morgan fingerprint density at radius 3 is 2.47 bits per heavy atom. The number of carbonyl (C=O) groups excluding carboxylic acids is 1. The third-order valence-corrected chi connectivity index (χ3v) is 8.02. The van der Waals surface area contributed by atoms with Crippen molar-refractivity contribution in [2.24, 2.45) is 0 Å². The topological polar surface area (TPSA) is 84.9 Å². The van der Waals surface area contributed by atoms with Crippen molar-refractivity contribution in [3.05, 3.63) is 76.0 Å². The number of sulfonamides is 1. The second-order valence-corrected chi connectivity index (χ2v) is 10.9. The molecule has 3 aromatic rings. The van der Waals surface area contributed by atoms with Crippen molar-refractivity contribution in [2.75, 3.05) is 42.2 Å². The first-order valence-electron chi connectivity index (χ1n) is 11.0. The molecule has 36 heavy (non-hydrogen) atoms. The lowest BCUT2D eigenvalue weighted by atomic mass is 10.0. The Labute approximate surface area is 218 Å². The van der Waals surface area contributed by atoms with E-state index < -0.39 is 26.8 Å². The number of carbonyl (C=O) groups is 1. The highest BCUT2D eigenvalue weighted by molar-refractivity contribution is 7.93. The van der Waals surface area contributed by atoms with Crippen LogP contribution in [-0.4, -0.2) is 46.9 Å². The standard InChI is InChI=1S/C25H23Cl2FN2O5S/c1-34-8-9-35-21-5-3-16(4-6-21)17-11-18(26)13-19(12-17)29-25(31)22-14-20(15-23(28)24(22)27)30-7-2-10-36(30,32)33/h3-6,11-15H,2,7-10H2,1H3,(H,29,31). The van der Waals surface area contributed by atoms with Crippen LogP contribution in [0.3, 0.4) is 0 Å². The summed E-state index contributed by atoms with van der Waals surface area (Å²) in [4.78, 5) is 13.0. The molecule has 7 nitrogen and oxygen atoms in total. The number of nitrogens with one attached hydrogen (secondary N) is 1. The van der Waals surface area contributed by atoms with Gasteiger partial charge in [0.2, 0.25) is 10.0 Å². The number of halogens is 3. The van der Waals surface area contributed by atoms with Gasteiger partial charge in [-0.1, -0.05) is 35.3 Å². The number of methoxy groups -OCH3 is 1. The molecule has 0 aromatic heterocycles. The molecule has 3 aromatic carbocycles. The summed E-state index contributed by atoms with van der Waals surface area (Å²) in [6.07, 6.45) is 0.416. The average molecular weight is 553 g/mol. The molecule has 190 valence electrons. The highest BCUT2D eigenvalue weighted by Gasteiger charge is 2.30. The number of hydrogen-bond donors (Lipinski definition) is 1. The predicted molar refractivity (Wildman–Crippen MR) is 139 cm³/mol. The van der Waals surface area contributed by atoms with Crippen molar-refractivity contribution in [3.63, 3.8) is 0 Å². The minimum absolute atomic E-state index is 0.0374. The van der Waals surface area contributed by atoms with E-state index in [9.17, 15) is 17.6 Å². The first-order chi connectivity index (χ1) is 17.2. The van der Waals surface area contributed by atoms with Gasteiger partial charge in [-0.3, -0.25) is 9.10 Å². The highest BCUT2D eigenvalue weighted by Crippen LogP contribution is 2.33. The van der Waals surface area contributed by atoms with Gasteiger partial charge in [0.1, 0.15) is 18.2 Å². The fraction of sp³-hybridized carbons (Fsp3) is 0.240. The van der Waals surface area contributed by atoms with E-state index in [0.717, 1.165) is 21.5 Å². The fourth-order valence-corrected chi connectivity index (χ4v) is 5.81. The normalized spacial score (nSPS) is 14.6. The van der Waals surface area contributed by atoms with Crippen molar-refractivity contribution in [1.29, 1.82) is 0 Å². The number of ether oxygens (including phenoxy) is 2. The molecule has 0 bridgehead atoms. The van der Waals surface area contributed by atoms with Crippen LogP contribution in [0, 0.1) is 5.82 Å². The lowest BCUT2D eigenvalue weighted by Gasteiger charge is -2.19. The zero-order chi connectivity index (χ0) is 25.9. The molecule has 1 N–H and O–H groups in total. The summed E-state index contributed by atoms with van der Waals surface area (Å²) in [6.45, 7) is 1.11. The molecule has 1 heterocycles. The summed E-state index contributed by atoms with van der Waals surface area (Å²) >= 11 is 12.4. The van der Waals surface area contributed by atoms with Crippen LogP contribution in [0.1, 0.15) is 16.8 Å². The van der Waals surface area contributed by atoms with E-state index in [1.54, 1.807) is 25.3 Å². The highest BCUT2D eigenvalue weighted by atomic mass is 35.5. The van der Waals surface area contributed by atoms with Crippen molar-refractivity contribution in [1.82, 2.24) is 0 Å². The maximum atomic E-state index is 14.6. The van der Waals surface area contributed by atoms with E-state index in [2.05, 4.69) is 5.32 Å². The minimum Gasteiger partial charge on any atom is -0.491 e. The number of benzene rings is 3. The van der Waals surface area contributed by atoms with E-state index in [-0.39, 0.29) is 23.5 Å². The van der Waals surface area contributed by atoms with Crippen LogP contribution in [0.4, 0.5) is 15.8 Å². The van der Waals surface area contributed by atoms with Gasteiger partial charge in [-0.25, -0.2) is 12.8 Å². The second kappa shape index (κ2) is 11.0. The Morgan fingerprint density at radius 1 is 1.06 bits per heavy atom. The molecule has 0 saturated carbocycles. The van der Waals surface area contributed by atoms with Crippen molar-refractivity contribution < 1.29 is 27.1 Å². The number of amides is 1. The van der Waals surface area contributed by atoms with Gasteiger partial charge in [0.15, 0.2) is 0 Å². The van der Waals surface area contributed by atoms with Crippen LogP contribution in [0.15, 0.2) is 54.6 Å². The van der Waals surface area contributed by atoms with E-state index in [0.29, 0.717) is 36.1 Å². The first-order valence-corrected chi connectivity index (χ1v) is 13.4. The number of nitrogens with zero attached hydrogens (tertiary/aromatic N) is 1. The van der Waals surface area contributed by atoms with Crippen LogP contribution < -0.4 is 14.4 Å². The maximum Gasteiger partial charge on any atom is 0.257 e. The molecule has 1 aliphatic rings. The van der Waals surface area contributed by atoms with Crippen LogP contribution in [-0.2, 0) is 14.8 Å². The lowest BCUT2D eigenvalue weighted by Crippen LogP contribution is -2.26. The van der Waals surface area contributed by atoms with Crippen LogP contribution in [0.2, 0.25) is 10.0 Å². The van der Waals surface area contributed by atoms with E-state index >= 15 is 0 Å².